The summed E-state index contributed by atoms with van der Waals surface area (Å²) in [5.41, 5.74) is 1.94. The Bertz CT molecular complexity index is 821. The first-order chi connectivity index (χ1) is 13.5. The number of carbonyl (C=O) groups is 2. The number of hydrogen-bond donors (Lipinski definition) is 1. The number of carbonyl (C=O) groups excluding carboxylic acids is 2. The van der Waals surface area contributed by atoms with Crippen molar-refractivity contribution in [3.8, 4) is 0 Å². The predicted molar refractivity (Wildman–Crippen MR) is 110 cm³/mol. The molecule has 1 fully saturated rings. The maximum absolute atomic E-state index is 12.9. The molecule has 6 nitrogen and oxygen atoms in total. The minimum absolute atomic E-state index is 0.00989. The van der Waals surface area contributed by atoms with E-state index in [0.29, 0.717) is 19.5 Å². The van der Waals surface area contributed by atoms with E-state index in [1.165, 1.54) is 5.01 Å². The summed E-state index contributed by atoms with van der Waals surface area (Å²) in [4.78, 5) is 27.3. The van der Waals surface area contributed by atoms with Crippen molar-refractivity contribution in [2.24, 2.45) is 5.10 Å². The lowest BCUT2D eigenvalue weighted by molar-refractivity contribution is -0.125. The number of amides is 3. The Labute approximate surface area is 165 Å². The summed E-state index contributed by atoms with van der Waals surface area (Å²) >= 11 is 0. The molecule has 0 spiro atoms. The van der Waals surface area contributed by atoms with Gasteiger partial charge in [0.25, 0.3) is 0 Å². The zero-order valence-corrected chi connectivity index (χ0v) is 16.3. The van der Waals surface area contributed by atoms with Crippen LogP contribution in [-0.2, 0) is 11.2 Å². The number of hydrazone groups is 1. The number of rotatable bonds is 7. The molecule has 2 aromatic rings. The molecule has 0 radical (unpaired) electrons. The van der Waals surface area contributed by atoms with E-state index < -0.39 is 6.04 Å². The summed E-state index contributed by atoms with van der Waals surface area (Å²) in [7, 11) is 0. The van der Waals surface area contributed by atoms with Crippen LogP contribution in [0.5, 0.6) is 0 Å². The van der Waals surface area contributed by atoms with Crippen LogP contribution < -0.4 is 5.32 Å². The van der Waals surface area contributed by atoms with E-state index >= 15 is 0 Å². The van der Waals surface area contributed by atoms with Crippen LogP contribution >= 0.6 is 0 Å². The summed E-state index contributed by atoms with van der Waals surface area (Å²) in [6, 6.07) is 18.6. The molecular weight excluding hydrogens is 352 g/mol. The third-order valence-corrected chi connectivity index (χ3v) is 4.55. The first-order valence-electron chi connectivity index (χ1n) is 9.56. The third kappa shape index (κ3) is 4.97. The highest BCUT2D eigenvalue weighted by atomic mass is 16.2. The average Bonchev–Trinajstić information content (AvgIpc) is 3.06. The monoisotopic (exact) mass is 378 g/mol. The maximum Gasteiger partial charge on any atom is 0.341 e. The Hall–Kier alpha value is -3.15. The van der Waals surface area contributed by atoms with E-state index in [4.69, 9.17) is 0 Å². The normalized spacial score (nSPS) is 15.5. The summed E-state index contributed by atoms with van der Waals surface area (Å²) in [6.07, 6.45) is 2.14. The van der Waals surface area contributed by atoms with Gasteiger partial charge in [0.15, 0.2) is 0 Å². The third-order valence-electron chi connectivity index (χ3n) is 4.55. The van der Waals surface area contributed by atoms with Crippen LogP contribution in [0.1, 0.15) is 25.0 Å². The van der Waals surface area contributed by atoms with Gasteiger partial charge in [-0.15, -0.1) is 0 Å². The standard InChI is InChI=1S/C22H26N4O2/c1-17(2)24-21(27)20(15-18-9-5-3-6-10-18)25-13-14-26(22(25)28)23-16-19-11-7-4-8-12-19/h3-12,16-17,20H,13-15H2,1-2H3,(H,24,27)/b23-16+/t20-/m1/s1. The zero-order valence-electron chi connectivity index (χ0n) is 16.3. The van der Waals surface area contributed by atoms with Gasteiger partial charge < -0.3 is 10.2 Å². The van der Waals surface area contributed by atoms with Crippen LogP contribution in [0.25, 0.3) is 0 Å². The van der Waals surface area contributed by atoms with Crippen molar-refractivity contribution in [3.63, 3.8) is 0 Å². The molecule has 2 aromatic carbocycles. The van der Waals surface area contributed by atoms with Crippen molar-refractivity contribution in [2.45, 2.75) is 32.4 Å². The molecule has 0 aliphatic carbocycles. The highest BCUT2D eigenvalue weighted by molar-refractivity contribution is 5.89. The van der Waals surface area contributed by atoms with Gasteiger partial charge in [-0.1, -0.05) is 60.7 Å². The summed E-state index contributed by atoms with van der Waals surface area (Å²) < 4.78 is 0. The second-order valence-electron chi connectivity index (χ2n) is 7.12. The van der Waals surface area contributed by atoms with Gasteiger partial charge >= 0.3 is 6.03 Å². The van der Waals surface area contributed by atoms with Crippen molar-refractivity contribution in [3.05, 3.63) is 71.8 Å². The molecule has 0 aromatic heterocycles. The molecular formula is C22H26N4O2. The smallest absolute Gasteiger partial charge is 0.341 e. The van der Waals surface area contributed by atoms with Crippen molar-refractivity contribution < 1.29 is 9.59 Å². The van der Waals surface area contributed by atoms with Crippen LogP contribution in [0, 0.1) is 0 Å². The van der Waals surface area contributed by atoms with Crippen molar-refractivity contribution >= 4 is 18.2 Å². The number of hydrogen-bond acceptors (Lipinski definition) is 3. The second kappa shape index (κ2) is 9.17. The molecule has 28 heavy (non-hydrogen) atoms. The number of nitrogens with zero attached hydrogens (tertiary/aromatic N) is 3. The molecule has 6 heteroatoms. The van der Waals surface area contributed by atoms with Crippen molar-refractivity contribution in [2.75, 3.05) is 13.1 Å². The highest BCUT2D eigenvalue weighted by Gasteiger charge is 2.37. The topological polar surface area (TPSA) is 65.0 Å². The Morgan fingerprint density at radius 2 is 1.71 bits per heavy atom. The predicted octanol–water partition coefficient (Wildman–Crippen LogP) is 2.89. The molecule has 0 bridgehead atoms. The first-order valence-corrected chi connectivity index (χ1v) is 9.56. The van der Waals surface area contributed by atoms with E-state index in [-0.39, 0.29) is 18.0 Å². The van der Waals surface area contributed by atoms with Gasteiger partial charge in [-0.3, -0.25) is 4.79 Å². The van der Waals surface area contributed by atoms with Gasteiger partial charge in [-0.05, 0) is 25.0 Å². The summed E-state index contributed by atoms with van der Waals surface area (Å²) in [5, 5.41) is 8.69. The molecule has 1 aliphatic heterocycles. The van der Waals surface area contributed by atoms with E-state index in [2.05, 4.69) is 10.4 Å². The van der Waals surface area contributed by atoms with E-state index in [1.54, 1.807) is 11.1 Å². The molecule has 0 unspecified atom stereocenters. The van der Waals surface area contributed by atoms with Gasteiger partial charge in [0.05, 0.1) is 12.8 Å². The van der Waals surface area contributed by atoms with Crippen LogP contribution in [0.3, 0.4) is 0 Å². The molecule has 1 saturated heterocycles. The second-order valence-corrected chi connectivity index (χ2v) is 7.12. The Balaban J connectivity index is 1.75. The van der Waals surface area contributed by atoms with E-state index in [9.17, 15) is 9.59 Å². The van der Waals surface area contributed by atoms with Gasteiger partial charge in [0.2, 0.25) is 5.91 Å². The van der Waals surface area contributed by atoms with Gasteiger partial charge in [0.1, 0.15) is 6.04 Å². The maximum atomic E-state index is 12.9. The average molecular weight is 378 g/mol. The lowest BCUT2D eigenvalue weighted by atomic mass is 10.0. The number of urea groups is 1. The minimum atomic E-state index is -0.561. The summed E-state index contributed by atoms with van der Waals surface area (Å²) in [5.74, 6) is -0.138. The molecule has 1 atom stereocenters. The Morgan fingerprint density at radius 1 is 1.07 bits per heavy atom. The van der Waals surface area contributed by atoms with Gasteiger partial charge in [-0.25, -0.2) is 9.80 Å². The quantitative estimate of drug-likeness (QED) is 0.753. The zero-order chi connectivity index (χ0) is 19.9. The fourth-order valence-electron chi connectivity index (χ4n) is 3.18. The van der Waals surface area contributed by atoms with Crippen molar-refractivity contribution in [1.29, 1.82) is 0 Å². The number of benzene rings is 2. The van der Waals surface area contributed by atoms with E-state index in [0.717, 1.165) is 11.1 Å². The highest BCUT2D eigenvalue weighted by Crippen LogP contribution is 2.17. The van der Waals surface area contributed by atoms with Crippen LogP contribution in [0.4, 0.5) is 4.79 Å². The molecule has 3 rings (SSSR count). The Morgan fingerprint density at radius 3 is 2.36 bits per heavy atom. The van der Waals surface area contributed by atoms with E-state index in [1.807, 2.05) is 74.5 Å². The van der Waals surface area contributed by atoms with Crippen LogP contribution in [0.2, 0.25) is 0 Å². The molecule has 0 saturated carbocycles. The molecule has 3 amide bonds. The largest absolute Gasteiger partial charge is 0.352 e. The molecule has 1 heterocycles. The molecule has 1 aliphatic rings. The number of nitrogens with one attached hydrogen (secondary N) is 1. The van der Waals surface area contributed by atoms with Crippen molar-refractivity contribution in [1.82, 2.24) is 15.2 Å². The lowest BCUT2D eigenvalue weighted by Crippen LogP contribution is -2.51. The fourth-order valence-corrected chi connectivity index (χ4v) is 3.18. The van der Waals surface area contributed by atoms with Crippen LogP contribution in [-0.4, -0.2) is 53.2 Å². The minimum Gasteiger partial charge on any atom is -0.352 e. The lowest BCUT2D eigenvalue weighted by Gasteiger charge is -2.27. The fraction of sp³-hybridized carbons (Fsp3) is 0.318. The molecule has 1 N–H and O–H groups in total. The van der Waals surface area contributed by atoms with Crippen LogP contribution in [0.15, 0.2) is 65.8 Å². The Kier molecular flexibility index (Phi) is 6.42. The van der Waals surface area contributed by atoms with Gasteiger partial charge in [0, 0.05) is 19.0 Å². The SMILES string of the molecule is CC(C)NC(=O)[C@@H](Cc1ccccc1)N1CCN(/N=C/c2ccccc2)C1=O. The van der Waals surface area contributed by atoms with Gasteiger partial charge in [-0.2, -0.15) is 5.10 Å². The summed E-state index contributed by atoms with van der Waals surface area (Å²) in [6.45, 7) is 4.76. The first kappa shape index (κ1) is 19.6. The molecule has 146 valence electrons.